The third kappa shape index (κ3) is 6.49. The number of benzene rings is 3. The molecule has 0 fully saturated rings. The third-order valence-electron chi connectivity index (χ3n) is 3.88. The molecule has 1 heterocycles. The second-order valence-electron chi connectivity index (χ2n) is 5.86. The molecular weight excluding hydrogens is 481 g/mol. The van der Waals surface area contributed by atoms with Gasteiger partial charge in [-0.25, -0.2) is 0 Å². The van der Waals surface area contributed by atoms with Crippen molar-refractivity contribution in [1.82, 2.24) is 0 Å². The van der Waals surface area contributed by atoms with Crippen molar-refractivity contribution in [2.45, 2.75) is 29.4 Å². The topological polar surface area (TPSA) is 0 Å². The van der Waals surface area contributed by atoms with Gasteiger partial charge >= 0.3 is 0 Å². The summed E-state index contributed by atoms with van der Waals surface area (Å²) in [5.41, 5.74) is 0. The van der Waals surface area contributed by atoms with Crippen molar-refractivity contribution in [2.24, 2.45) is 0 Å². The minimum absolute atomic E-state index is 1.27. The van der Waals surface area contributed by atoms with Crippen molar-refractivity contribution in [3.8, 4) is 0 Å². The highest BCUT2D eigenvalue weighted by molar-refractivity contribution is 8.09. The SMILES string of the molecule is C1=C\Sc2ccccc2S/C=C\Sc2ccccc2S/C=C\Sc2ccccc2S/1. The van der Waals surface area contributed by atoms with Crippen LogP contribution in [0.2, 0.25) is 0 Å². The number of thioether (sulfide) groups is 6. The Morgan fingerprint density at radius 2 is 0.433 bits per heavy atom. The van der Waals surface area contributed by atoms with E-state index in [4.69, 9.17) is 0 Å². The highest BCUT2D eigenvalue weighted by Gasteiger charge is 2.04. The molecule has 1 aliphatic rings. The van der Waals surface area contributed by atoms with Crippen LogP contribution < -0.4 is 0 Å². The van der Waals surface area contributed by atoms with Crippen molar-refractivity contribution in [1.29, 1.82) is 0 Å². The van der Waals surface area contributed by atoms with Crippen LogP contribution in [0.25, 0.3) is 0 Å². The fourth-order valence-corrected chi connectivity index (χ4v) is 7.67. The van der Waals surface area contributed by atoms with Crippen LogP contribution in [0.3, 0.4) is 0 Å². The van der Waals surface area contributed by atoms with E-state index in [9.17, 15) is 0 Å². The summed E-state index contributed by atoms with van der Waals surface area (Å²) in [6.45, 7) is 0. The Balaban J connectivity index is 1.62. The summed E-state index contributed by atoms with van der Waals surface area (Å²) in [4.78, 5) is 7.65. The molecule has 0 spiro atoms. The van der Waals surface area contributed by atoms with E-state index in [-0.39, 0.29) is 0 Å². The molecule has 0 nitrogen and oxygen atoms in total. The van der Waals surface area contributed by atoms with Crippen LogP contribution in [0.15, 0.2) is 135 Å². The zero-order valence-electron chi connectivity index (χ0n) is 15.8. The van der Waals surface area contributed by atoms with Gasteiger partial charge in [0.05, 0.1) is 0 Å². The van der Waals surface area contributed by atoms with E-state index in [1.807, 2.05) is 0 Å². The third-order valence-corrected chi connectivity index (χ3v) is 10.1. The Kier molecular flexibility index (Phi) is 8.97. The number of hydrogen-bond acceptors (Lipinski definition) is 6. The number of fused-ring (bicyclic) bond motifs is 3. The lowest BCUT2D eigenvalue weighted by Gasteiger charge is -2.06. The second-order valence-corrected chi connectivity index (χ2v) is 11.5. The molecule has 1 aliphatic heterocycles. The molecule has 0 amide bonds. The minimum atomic E-state index is 1.27. The molecule has 0 aromatic heterocycles. The molecule has 3 aromatic carbocycles. The Morgan fingerprint density at radius 3 is 0.600 bits per heavy atom. The van der Waals surface area contributed by atoms with Crippen molar-refractivity contribution < 1.29 is 0 Å². The molecule has 0 saturated carbocycles. The summed E-state index contributed by atoms with van der Waals surface area (Å²) < 4.78 is 0. The van der Waals surface area contributed by atoms with Gasteiger partial charge in [0.15, 0.2) is 0 Å². The molecule has 0 bridgehead atoms. The second kappa shape index (κ2) is 12.1. The molecular formula is C24H18S6. The Hall–Kier alpha value is -1.02. The molecule has 0 saturated heterocycles. The monoisotopic (exact) mass is 498 g/mol. The molecule has 0 radical (unpaired) electrons. The Morgan fingerprint density at radius 1 is 0.267 bits per heavy atom. The average Bonchev–Trinajstić information content (AvgIpc) is 2.79. The Labute approximate surface area is 203 Å². The van der Waals surface area contributed by atoms with Gasteiger partial charge in [-0.1, -0.05) is 107 Å². The number of hydrogen-bond donors (Lipinski definition) is 0. The van der Waals surface area contributed by atoms with E-state index in [1.165, 1.54) is 29.4 Å². The van der Waals surface area contributed by atoms with Crippen LogP contribution in [0.4, 0.5) is 0 Å². The first-order chi connectivity index (χ1) is 14.9. The quantitative estimate of drug-likeness (QED) is 0.300. The lowest BCUT2D eigenvalue weighted by Crippen LogP contribution is -1.76. The summed E-state index contributed by atoms with van der Waals surface area (Å²) in [7, 11) is 0. The first kappa shape index (κ1) is 22.2. The zero-order chi connectivity index (χ0) is 20.4. The zero-order valence-corrected chi connectivity index (χ0v) is 20.7. The maximum Gasteiger partial charge on any atom is 0.0255 e. The molecule has 0 unspecified atom stereocenters. The van der Waals surface area contributed by atoms with Gasteiger partial charge in [0.2, 0.25) is 0 Å². The van der Waals surface area contributed by atoms with Gasteiger partial charge in [-0.2, -0.15) is 0 Å². The summed E-state index contributed by atoms with van der Waals surface area (Å²) in [6.07, 6.45) is 0. The fourth-order valence-electron chi connectivity index (χ4n) is 2.54. The maximum absolute atomic E-state index is 2.18. The highest BCUT2D eigenvalue weighted by atomic mass is 32.2. The van der Waals surface area contributed by atoms with E-state index >= 15 is 0 Å². The summed E-state index contributed by atoms with van der Waals surface area (Å²) in [6, 6.07) is 25.7. The van der Waals surface area contributed by atoms with Gasteiger partial charge in [-0.3, -0.25) is 0 Å². The van der Waals surface area contributed by atoms with Crippen molar-refractivity contribution >= 4 is 70.6 Å². The largest absolute Gasteiger partial charge is 0.0963 e. The lowest BCUT2D eigenvalue weighted by atomic mass is 10.4. The van der Waals surface area contributed by atoms with Crippen LogP contribution in [-0.2, 0) is 0 Å². The normalized spacial score (nSPS) is 18.0. The smallest absolute Gasteiger partial charge is 0.0255 e. The summed E-state index contributed by atoms with van der Waals surface area (Å²) >= 11 is 10.6. The molecule has 0 N–H and O–H groups in total. The molecule has 0 atom stereocenters. The van der Waals surface area contributed by atoms with E-state index in [0.29, 0.717) is 0 Å². The Bertz CT molecular complexity index is 853. The van der Waals surface area contributed by atoms with Crippen LogP contribution in [0.5, 0.6) is 0 Å². The molecule has 6 heteroatoms. The molecule has 3 aromatic rings. The maximum atomic E-state index is 2.18. The summed E-state index contributed by atoms with van der Waals surface area (Å²) in [5.74, 6) is 0. The molecule has 150 valence electrons. The van der Waals surface area contributed by atoms with Gasteiger partial charge in [0, 0.05) is 29.4 Å². The first-order valence-corrected chi connectivity index (χ1v) is 14.4. The van der Waals surface area contributed by atoms with Gasteiger partial charge in [0.25, 0.3) is 0 Å². The van der Waals surface area contributed by atoms with Crippen LogP contribution in [0, 0.1) is 0 Å². The van der Waals surface area contributed by atoms with E-state index in [0.717, 1.165) is 0 Å². The van der Waals surface area contributed by atoms with Crippen molar-refractivity contribution in [2.75, 3.05) is 0 Å². The van der Waals surface area contributed by atoms with Crippen LogP contribution in [0.1, 0.15) is 0 Å². The molecule has 0 aliphatic carbocycles. The van der Waals surface area contributed by atoms with Gasteiger partial charge in [0.1, 0.15) is 0 Å². The fraction of sp³-hybridized carbons (Fsp3) is 0. The van der Waals surface area contributed by atoms with Gasteiger partial charge < -0.3 is 0 Å². The predicted octanol–water partition coefficient (Wildman–Crippen LogP) is 10.1. The predicted molar refractivity (Wildman–Crippen MR) is 142 cm³/mol. The molecule has 4 rings (SSSR count). The van der Waals surface area contributed by atoms with Crippen LogP contribution >= 0.6 is 70.6 Å². The van der Waals surface area contributed by atoms with E-state index < -0.39 is 0 Å². The van der Waals surface area contributed by atoms with E-state index in [2.05, 4.69) is 105 Å². The lowest BCUT2D eigenvalue weighted by molar-refractivity contribution is 1.26. The molecule has 30 heavy (non-hydrogen) atoms. The highest BCUT2D eigenvalue weighted by Crippen LogP contribution is 2.38. The first-order valence-electron chi connectivity index (χ1n) is 9.12. The van der Waals surface area contributed by atoms with Gasteiger partial charge in [-0.15, -0.1) is 0 Å². The standard InChI is InChI=1S/C24H18S6/c1-2-8-20-19(7-1)25-13-14-27-21-9-3-4-10-22(21)29-17-18-30-24-12-6-5-11-23(24)28-16-15-26-20/h1-18H/b14-13-,16-15-,18-17-. The van der Waals surface area contributed by atoms with E-state index in [1.54, 1.807) is 70.6 Å². The number of rotatable bonds is 0. The summed E-state index contributed by atoms with van der Waals surface area (Å²) in [5, 5.41) is 13.1. The van der Waals surface area contributed by atoms with Crippen molar-refractivity contribution in [3.05, 3.63) is 105 Å². The van der Waals surface area contributed by atoms with Crippen LogP contribution in [-0.4, -0.2) is 0 Å². The minimum Gasteiger partial charge on any atom is -0.0963 e. The van der Waals surface area contributed by atoms with Crippen molar-refractivity contribution in [3.63, 3.8) is 0 Å². The van der Waals surface area contributed by atoms with Gasteiger partial charge in [-0.05, 0) is 68.8 Å². The average molecular weight is 499 g/mol.